The van der Waals surface area contributed by atoms with Gasteiger partial charge in [-0.2, -0.15) is 10.5 Å². The van der Waals surface area contributed by atoms with Gasteiger partial charge in [-0.25, -0.2) is 0 Å². The van der Waals surface area contributed by atoms with Crippen LogP contribution in [0.5, 0.6) is 0 Å². The van der Waals surface area contributed by atoms with Crippen LogP contribution in [0.25, 0.3) is 11.5 Å². The van der Waals surface area contributed by atoms with Crippen LogP contribution in [0.2, 0.25) is 0 Å². The van der Waals surface area contributed by atoms with Gasteiger partial charge in [0.05, 0.1) is 11.7 Å². The second-order valence-electron chi connectivity index (χ2n) is 9.86. The van der Waals surface area contributed by atoms with E-state index in [2.05, 4.69) is 39.1 Å². The second kappa shape index (κ2) is 14.3. The molecular weight excluding hydrogens is 548 g/mol. The summed E-state index contributed by atoms with van der Waals surface area (Å²) in [6.07, 6.45) is 3.86. The Kier molecular flexibility index (Phi) is 10.3. The topological polar surface area (TPSA) is 134 Å². The Labute approximate surface area is 248 Å². The summed E-state index contributed by atoms with van der Waals surface area (Å²) in [5.74, 6) is -0.723. The minimum Gasteiger partial charge on any atom is -0.385 e. The highest BCUT2D eigenvalue weighted by atomic mass is 32.1. The third-order valence-electron chi connectivity index (χ3n) is 7.18. The van der Waals surface area contributed by atoms with Crippen molar-refractivity contribution in [2.75, 3.05) is 31.5 Å². The number of hydrogen-bond acceptors (Lipinski definition) is 8. The van der Waals surface area contributed by atoms with Crippen molar-refractivity contribution in [3.8, 4) is 12.1 Å². The van der Waals surface area contributed by atoms with Crippen LogP contribution in [0.4, 0.5) is 5.69 Å². The van der Waals surface area contributed by atoms with Gasteiger partial charge in [0.2, 0.25) is 0 Å². The zero-order valence-electron chi connectivity index (χ0n) is 23.4. The van der Waals surface area contributed by atoms with Gasteiger partial charge in [0.25, 0.3) is 11.5 Å². The summed E-state index contributed by atoms with van der Waals surface area (Å²) < 4.78 is 2.04. The summed E-state index contributed by atoms with van der Waals surface area (Å²) in [6.45, 7) is 4.46. The molecule has 0 bridgehead atoms. The van der Waals surface area contributed by atoms with Crippen molar-refractivity contribution in [1.82, 2.24) is 14.8 Å². The molecule has 3 aromatic rings. The number of amides is 1. The lowest BCUT2D eigenvalue weighted by atomic mass is 9.84. The first-order valence-corrected chi connectivity index (χ1v) is 14.6. The molecule has 2 aromatic carbocycles. The number of aliphatic hydroxyl groups is 1. The van der Waals surface area contributed by atoms with Crippen molar-refractivity contribution >= 4 is 34.4 Å². The highest BCUT2D eigenvalue weighted by Gasteiger charge is 2.33. The number of nitrogens with zero attached hydrogens (tertiary/aromatic N) is 4. The largest absolute Gasteiger partial charge is 0.385 e. The molecule has 4 rings (SSSR count). The van der Waals surface area contributed by atoms with Gasteiger partial charge < -0.3 is 20.6 Å². The maximum atomic E-state index is 12.9. The van der Waals surface area contributed by atoms with E-state index in [0.29, 0.717) is 28.6 Å². The Morgan fingerprint density at radius 2 is 1.90 bits per heavy atom. The molecule has 1 amide bonds. The summed E-state index contributed by atoms with van der Waals surface area (Å²) in [4.78, 5) is 27.3. The summed E-state index contributed by atoms with van der Waals surface area (Å²) in [7, 11) is 0. The fraction of sp³-hybridized carbons (Fsp3) is 0.312. The molecule has 1 aliphatic rings. The average molecular weight is 581 g/mol. The third kappa shape index (κ3) is 7.54. The number of nitriles is 2. The Balaban J connectivity index is 1.43. The van der Waals surface area contributed by atoms with Crippen LogP contribution in [0.1, 0.15) is 30.9 Å². The Bertz CT molecular complexity index is 1760. The van der Waals surface area contributed by atoms with E-state index < -0.39 is 11.5 Å². The van der Waals surface area contributed by atoms with E-state index in [1.54, 1.807) is 25.3 Å². The summed E-state index contributed by atoms with van der Waals surface area (Å²) >= 11 is 1.07. The van der Waals surface area contributed by atoms with Crippen molar-refractivity contribution in [3.05, 3.63) is 97.0 Å². The number of piperidine rings is 1. The number of likely N-dealkylation sites (tertiary alicyclic amines) is 1. The maximum Gasteiger partial charge on any atom is 0.277 e. The minimum atomic E-state index is -0.757. The Hall–Kier alpha value is -4.66. The molecule has 0 spiro atoms. The number of carbonyl (C=O) groups is 1. The smallest absolute Gasteiger partial charge is 0.277 e. The van der Waals surface area contributed by atoms with Crippen LogP contribution >= 0.6 is 11.3 Å². The van der Waals surface area contributed by atoms with Crippen LogP contribution in [-0.2, 0) is 23.4 Å². The molecule has 0 saturated carbocycles. The molecule has 9 nitrogen and oxygen atoms in total. The second-order valence-corrected chi connectivity index (χ2v) is 10.9. The van der Waals surface area contributed by atoms with Gasteiger partial charge in [0.1, 0.15) is 21.8 Å². The van der Waals surface area contributed by atoms with Crippen LogP contribution in [0, 0.1) is 22.7 Å². The molecule has 214 valence electrons. The van der Waals surface area contributed by atoms with E-state index in [1.165, 1.54) is 10.1 Å². The molecule has 1 aromatic heterocycles. The van der Waals surface area contributed by atoms with Crippen molar-refractivity contribution in [1.29, 1.82) is 10.5 Å². The monoisotopic (exact) mass is 580 g/mol. The molecule has 0 atom stereocenters. The number of aromatic nitrogens is 1. The summed E-state index contributed by atoms with van der Waals surface area (Å²) in [6, 6.07) is 21.5. The maximum absolute atomic E-state index is 12.9. The predicted molar refractivity (Wildman–Crippen MR) is 162 cm³/mol. The van der Waals surface area contributed by atoms with E-state index in [-0.39, 0.29) is 17.7 Å². The molecule has 1 aliphatic heterocycles. The predicted octanol–water partition coefficient (Wildman–Crippen LogP) is 1.93. The Morgan fingerprint density at radius 1 is 1.14 bits per heavy atom. The van der Waals surface area contributed by atoms with Crippen molar-refractivity contribution < 1.29 is 9.90 Å². The van der Waals surface area contributed by atoms with E-state index in [0.717, 1.165) is 48.6 Å². The number of benzene rings is 2. The number of carbonyl (C=O) groups excluding carboxylic acids is 1. The molecule has 0 aliphatic carbocycles. The Morgan fingerprint density at radius 3 is 2.60 bits per heavy atom. The van der Waals surface area contributed by atoms with Crippen LogP contribution in [0.15, 0.2) is 71.2 Å². The van der Waals surface area contributed by atoms with Crippen molar-refractivity contribution in [2.45, 2.75) is 38.3 Å². The quantitative estimate of drug-likeness (QED) is 0.200. The SMILES string of the molecule is CCn1c(=C=C(C#N)C(=O)NCC#N)sc(=C=CNc2cccc(CCN3CCC(O)(c4ccccc4)CC3)c2)c1=O. The van der Waals surface area contributed by atoms with Gasteiger partial charge in [-0.05, 0) is 49.4 Å². The number of hydrogen-bond donors (Lipinski definition) is 3. The van der Waals surface area contributed by atoms with Gasteiger partial charge in [-0.1, -0.05) is 65.3 Å². The highest BCUT2D eigenvalue weighted by Crippen LogP contribution is 2.32. The van der Waals surface area contributed by atoms with Gasteiger partial charge >= 0.3 is 0 Å². The number of rotatable bonds is 9. The standard InChI is InChI=1S/C32H32N6O3S/c1-2-38-29(22-25(23-34)30(39)36-17-15-33)42-28(31(38)40)11-16-35-27-10-6-7-24(21-27)12-18-37-19-13-32(41,14-20-37)26-8-4-3-5-9-26/h3-10,16,21,35,41H,2,12-14,17-20H2,1H3,(H,36,39). The molecule has 3 N–H and O–H groups in total. The molecular formula is C32H32N6O3S. The van der Waals surface area contributed by atoms with E-state index >= 15 is 0 Å². The number of thiazole rings is 1. The van der Waals surface area contributed by atoms with E-state index in [4.69, 9.17) is 5.26 Å². The molecule has 0 unspecified atom stereocenters. The average Bonchev–Trinajstić information content (AvgIpc) is 3.32. The van der Waals surface area contributed by atoms with Crippen molar-refractivity contribution in [3.63, 3.8) is 0 Å². The van der Waals surface area contributed by atoms with Gasteiger partial charge in [-0.15, -0.1) is 0 Å². The van der Waals surface area contributed by atoms with Crippen molar-refractivity contribution in [2.24, 2.45) is 0 Å². The van der Waals surface area contributed by atoms with Gasteiger partial charge in [0, 0.05) is 38.1 Å². The minimum absolute atomic E-state index is 0.233. The lowest BCUT2D eigenvalue weighted by Gasteiger charge is -2.38. The molecule has 1 saturated heterocycles. The zero-order valence-corrected chi connectivity index (χ0v) is 24.2. The fourth-order valence-corrected chi connectivity index (χ4v) is 5.79. The van der Waals surface area contributed by atoms with Gasteiger partial charge in [-0.3, -0.25) is 14.2 Å². The van der Waals surface area contributed by atoms with Crippen LogP contribution in [-0.4, -0.2) is 46.7 Å². The highest BCUT2D eigenvalue weighted by molar-refractivity contribution is 7.07. The number of anilines is 1. The molecule has 42 heavy (non-hydrogen) atoms. The molecule has 2 heterocycles. The summed E-state index contributed by atoms with van der Waals surface area (Å²) in [5, 5.41) is 34.5. The van der Waals surface area contributed by atoms with Gasteiger partial charge in [0.15, 0.2) is 5.57 Å². The number of nitrogens with one attached hydrogen (secondary N) is 2. The van der Waals surface area contributed by atoms with Crippen LogP contribution < -0.4 is 25.4 Å². The lowest BCUT2D eigenvalue weighted by Crippen LogP contribution is -2.43. The lowest BCUT2D eigenvalue weighted by molar-refractivity contribution is -0.116. The summed E-state index contributed by atoms with van der Waals surface area (Å²) in [5.41, 5.74) is 7.34. The fourth-order valence-electron chi connectivity index (χ4n) is 4.80. The zero-order chi connectivity index (χ0) is 30.0. The third-order valence-corrected chi connectivity index (χ3v) is 8.19. The first-order chi connectivity index (χ1) is 20.4. The molecule has 0 radical (unpaired) electrons. The van der Waals surface area contributed by atoms with Crippen LogP contribution in [0.3, 0.4) is 0 Å². The molecule has 1 fully saturated rings. The van der Waals surface area contributed by atoms with E-state index in [1.807, 2.05) is 42.5 Å². The molecule has 10 heteroatoms. The first-order valence-electron chi connectivity index (χ1n) is 13.7. The van der Waals surface area contributed by atoms with E-state index in [9.17, 15) is 20.0 Å². The first kappa shape index (κ1) is 30.3. The normalized spacial score (nSPS) is 14.0.